The van der Waals surface area contributed by atoms with Crippen LogP contribution in [0.3, 0.4) is 0 Å². The summed E-state index contributed by atoms with van der Waals surface area (Å²) >= 11 is 0. The molecule has 2 aromatic carbocycles. The predicted molar refractivity (Wildman–Crippen MR) is 116 cm³/mol. The van der Waals surface area contributed by atoms with E-state index in [2.05, 4.69) is 15.5 Å². The van der Waals surface area contributed by atoms with Crippen LogP contribution < -0.4 is 20.1 Å². The van der Waals surface area contributed by atoms with Crippen LogP contribution in [0.25, 0.3) is 0 Å². The lowest BCUT2D eigenvalue weighted by Crippen LogP contribution is -2.46. The molecule has 2 N–H and O–H groups in total. The van der Waals surface area contributed by atoms with Gasteiger partial charge in [0, 0.05) is 23.7 Å². The minimum atomic E-state index is -0.306. The number of anilines is 1. The van der Waals surface area contributed by atoms with E-state index in [9.17, 15) is 9.59 Å². The Bertz CT molecular complexity index is 953. The Kier molecular flexibility index (Phi) is 5.51. The minimum absolute atomic E-state index is 0.0113. The van der Waals surface area contributed by atoms with E-state index in [4.69, 9.17) is 9.47 Å². The van der Waals surface area contributed by atoms with Crippen LogP contribution in [-0.2, 0) is 9.59 Å². The monoisotopic (exact) mass is 421 g/mol. The molecule has 7 nitrogen and oxygen atoms in total. The fraction of sp³-hybridized carbons (Fsp3) is 0.417. The van der Waals surface area contributed by atoms with Crippen LogP contribution in [0.15, 0.2) is 48.5 Å². The molecule has 5 rings (SSSR count). The molecule has 162 valence electrons. The molecule has 2 heterocycles. The van der Waals surface area contributed by atoms with Crippen molar-refractivity contribution >= 4 is 17.5 Å². The standard InChI is InChI=1S/C24H27N3O4/c28-23(26-19-8-9-20-21(14-19)31-15-30-20)17-10-12-27(13-11-17)22(16-4-2-1-3-5-16)24(29)25-18-6-7-18/h1-5,8-9,14,17-18,22H,6-7,10-13,15H2,(H,25,29)(H,26,28)/t22-/m1/s1. The summed E-state index contributed by atoms with van der Waals surface area (Å²) in [6.45, 7) is 1.62. The van der Waals surface area contributed by atoms with E-state index >= 15 is 0 Å². The first kappa shape index (κ1) is 19.9. The van der Waals surface area contributed by atoms with Crippen molar-refractivity contribution in [2.24, 2.45) is 5.92 Å². The Morgan fingerprint density at radius 1 is 0.935 bits per heavy atom. The maximum atomic E-state index is 13.0. The molecule has 1 atom stereocenters. The number of benzene rings is 2. The SMILES string of the molecule is O=C(Nc1ccc2c(c1)OCO2)C1CCN([C@@H](C(=O)NC2CC2)c2ccccc2)CC1. The van der Waals surface area contributed by atoms with Gasteiger partial charge in [-0.1, -0.05) is 30.3 Å². The van der Waals surface area contributed by atoms with E-state index in [1.165, 1.54) is 0 Å². The van der Waals surface area contributed by atoms with Crippen molar-refractivity contribution in [2.45, 2.75) is 37.8 Å². The van der Waals surface area contributed by atoms with Crippen molar-refractivity contribution in [1.29, 1.82) is 0 Å². The van der Waals surface area contributed by atoms with E-state index < -0.39 is 0 Å². The van der Waals surface area contributed by atoms with E-state index in [-0.39, 0.29) is 30.6 Å². The summed E-state index contributed by atoms with van der Waals surface area (Å²) in [7, 11) is 0. The first-order chi connectivity index (χ1) is 15.2. The number of nitrogens with one attached hydrogen (secondary N) is 2. The van der Waals surface area contributed by atoms with Gasteiger partial charge in [-0.25, -0.2) is 0 Å². The molecule has 2 aromatic rings. The molecule has 0 radical (unpaired) electrons. The van der Waals surface area contributed by atoms with Crippen molar-refractivity contribution in [2.75, 3.05) is 25.2 Å². The predicted octanol–water partition coefficient (Wildman–Crippen LogP) is 3.09. The molecule has 2 amide bonds. The maximum absolute atomic E-state index is 13.0. The largest absolute Gasteiger partial charge is 0.454 e. The zero-order chi connectivity index (χ0) is 21.2. The number of hydrogen-bond donors (Lipinski definition) is 2. The van der Waals surface area contributed by atoms with E-state index in [0.717, 1.165) is 31.2 Å². The second-order valence-corrected chi connectivity index (χ2v) is 8.46. The zero-order valence-corrected chi connectivity index (χ0v) is 17.4. The molecule has 2 aliphatic heterocycles. The summed E-state index contributed by atoms with van der Waals surface area (Å²) in [5.41, 5.74) is 1.71. The molecule has 0 aromatic heterocycles. The van der Waals surface area contributed by atoms with Gasteiger partial charge in [0.25, 0.3) is 0 Å². The van der Waals surface area contributed by atoms with Crippen LogP contribution >= 0.6 is 0 Å². The number of likely N-dealkylation sites (tertiary alicyclic amines) is 1. The van der Waals surface area contributed by atoms with Gasteiger partial charge in [-0.05, 0) is 56.5 Å². The van der Waals surface area contributed by atoms with Gasteiger partial charge in [-0.15, -0.1) is 0 Å². The lowest BCUT2D eigenvalue weighted by atomic mass is 9.93. The molecule has 1 aliphatic carbocycles. The van der Waals surface area contributed by atoms with Crippen LogP contribution in [0, 0.1) is 5.92 Å². The number of fused-ring (bicyclic) bond motifs is 1. The first-order valence-corrected chi connectivity index (χ1v) is 11.0. The third kappa shape index (κ3) is 4.51. The van der Waals surface area contributed by atoms with Gasteiger partial charge in [0.05, 0.1) is 0 Å². The number of hydrogen-bond acceptors (Lipinski definition) is 5. The van der Waals surface area contributed by atoms with Crippen LogP contribution in [0.5, 0.6) is 11.5 Å². The summed E-state index contributed by atoms with van der Waals surface area (Å²) in [5.74, 6) is 1.35. The van der Waals surface area contributed by atoms with Crippen molar-refractivity contribution in [3.63, 3.8) is 0 Å². The number of carbonyl (C=O) groups is 2. The van der Waals surface area contributed by atoms with Gasteiger partial charge < -0.3 is 20.1 Å². The van der Waals surface area contributed by atoms with Crippen molar-refractivity contribution < 1.29 is 19.1 Å². The molecule has 0 bridgehead atoms. The maximum Gasteiger partial charge on any atom is 0.242 e. The molecule has 1 saturated carbocycles. The van der Waals surface area contributed by atoms with Crippen LogP contribution in [0.4, 0.5) is 5.69 Å². The van der Waals surface area contributed by atoms with Gasteiger partial charge in [-0.2, -0.15) is 0 Å². The summed E-state index contributed by atoms with van der Waals surface area (Å²) < 4.78 is 10.7. The highest BCUT2D eigenvalue weighted by Gasteiger charge is 2.35. The number of ether oxygens (including phenoxy) is 2. The molecule has 2 fully saturated rings. The Morgan fingerprint density at radius 3 is 2.42 bits per heavy atom. The summed E-state index contributed by atoms with van der Waals surface area (Å²) in [5, 5.41) is 6.16. The van der Waals surface area contributed by atoms with E-state index in [0.29, 0.717) is 36.3 Å². The van der Waals surface area contributed by atoms with Crippen LogP contribution in [0.2, 0.25) is 0 Å². The highest BCUT2D eigenvalue weighted by molar-refractivity contribution is 5.93. The highest BCUT2D eigenvalue weighted by Crippen LogP contribution is 2.35. The lowest BCUT2D eigenvalue weighted by molar-refractivity contribution is -0.128. The number of nitrogens with zero attached hydrogens (tertiary/aromatic N) is 1. The topological polar surface area (TPSA) is 79.9 Å². The molecule has 3 aliphatic rings. The number of rotatable bonds is 6. The fourth-order valence-corrected chi connectivity index (χ4v) is 4.31. The van der Waals surface area contributed by atoms with Gasteiger partial charge in [0.15, 0.2) is 11.5 Å². The second kappa shape index (κ2) is 8.59. The number of carbonyl (C=O) groups excluding carboxylic acids is 2. The highest BCUT2D eigenvalue weighted by atomic mass is 16.7. The van der Waals surface area contributed by atoms with E-state index in [1.807, 2.05) is 42.5 Å². The number of amides is 2. The van der Waals surface area contributed by atoms with Crippen molar-refractivity contribution in [3.8, 4) is 11.5 Å². The van der Waals surface area contributed by atoms with Gasteiger partial charge in [0.1, 0.15) is 6.04 Å². The molecular formula is C24H27N3O4. The smallest absolute Gasteiger partial charge is 0.242 e. The summed E-state index contributed by atoms with van der Waals surface area (Å²) in [6.07, 6.45) is 3.57. The van der Waals surface area contributed by atoms with Crippen molar-refractivity contribution in [1.82, 2.24) is 10.2 Å². The lowest BCUT2D eigenvalue weighted by Gasteiger charge is -2.36. The third-order valence-electron chi connectivity index (χ3n) is 6.19. The quantitative estimate of drug-likeness (QED) is 0.749. The average molecular weight is 421 g/mol. The number of piperidine rings is 1. The Hall–Kier alpha value is -3.06. The van der Waals surface area contributed by atoms with Gasteiger partial charge in [0.2, 0.25) is 18.6 Å². The molecule has 7 heteroatoms. The Balaban J connectivity index is 1.21. The molecule has 0 unspecified atom stereocenters. The summed E-state index contributed by atoms with van der Waals surface area (Å²) in [4.78, 5) is 28.0. The fourth-order valence-electron chi connectivity index (χ4n) is 4.31. The Labute approximate surface area is 181 Å². The Morgan fingerprint density at radius 2 is 1.68 bits per heavy atom. The normalized spacial score (nSPS) is 19.6. The zero-order valence-electron chi connectivity index (χ0n) is 17.4. The van der Waals surface area contributed by atoms with E-state index in [1.54, 1.807) is 6.07 Å². The molecule has 1 saturated heterocycles. The molecule has 0 spiro atoms. The second-order valence-electron chi connectivity index (χ2n) is 8.46. The van der Waals surface area contributed by atoms with Crippen molar-refractivity contribution in [3.05, 3.63) is 54.1 Å². The first-order valence-electron chi connectivity index (χ1n) is 11.0. The minimum Gasteiger partial charge on any atom is -0.454 e. The van der Waals surface area contributed by atoms with Gasteiger partial charge >= 0.3 is 0 Å². The molecule has 31 heavy (non-hydrogen) atoms. The third-order valence-corrected chi connectivity index (χ3v) is 6.19. The summed E-state index contributed by atoms with van der Waals surface area (Å²) in [6, 6.07) is 15.4. The van der Waals surface area contributed by atoms with Crippen LogP contribution in [-0.4, -0.2) is 42.6 Å². The van der Waals surface area contributed by atoms with Crippen LogP contribution in [0.1, 0.15) is 37.3 Å². The van der Waals surface area contributed by atoms with Gasteiger partial charge in [-0.3, -0.25) is 14.5 Å². The average Bonchev–Trinajstić information content (AvgIpc) is 3.48. The molecular weight excluding hydrogens is 394 g/mol.